The van der Waals surface area contributed by atoms with Crippen LogP contribution in [0.5, 0.6) is 0 Å². The summed E-state index contributed by atoms with van der Waals surface area (Å²) in [7, 11) is 0. The van der Waals surface area contributed by atoms with E-state index < -0.39 is 0 Å². The zero-order valence-electron chi connectivity index (χ0n) is 5.89. The normalized spacial score (nSPS) is 43.9. The Kier molecular flexibility index (Phi) is 1.63. The molecule has 0 aromatic carbocycles. The highest BCUT2D eigenvalue weighted by molar-refractivity contribution is 14.1. The van der Waals surface area contributed by atoms with Crippen LogP contribution in [0.2, 0.25) is 0 Å². The van der Waals surface area contributed by atoms with Crippen LogP contribution in [0, 0.1) is 5.92 Å². The van der Waals surface area contributed by atoms with Crippen LogP contribution >= 0.6 is 22.6 Å². The number of halogens is 1. The highest BCUT2D eigenvalue weighted by Gasteiger charge is 2.35. The molecule has 0 bridgehead atoms. The lowest BCUT2D eigenvalue weighted by Crippen LogP contribution is -2.25. The third-order valence-electron chi connectivity index (χ3n) is 2.46. The molecular weight excluding hydrogens is 235 g/mol. The summed E-state index contributed by atoms with van der Waals surface area (Å²) in [6, 6.07) is 0. The van der Waals surface area contributed by atoms with Crippen molar-refractivity contribution in [1.29, 1.82) is 0 Å². The minimum atomic E-state index is 0.493. The van der Waals surface area contributed by atoms with Crippen molar-refractivity contribution in [3.05, 3.63) is 24.3 Å². The Labute approximate surface area is 75.5 Å². The quantitative estimate of drug-likeness (QED) is 0.350. The van der Waals surface area contributed by atoms with Crippen molar-refractivity contribution in [1.82, 2.24) is 0 Å². The molecule has 0 heterocycles. The first-order valence-corrected chi connectivity index (χ1v) is 4.92. The van der Waals surface area contributed by atoms with Gasteiger partial charge < -0.3 is 0 Å². The zero-order valence-corrected chi connectivity index (χ0v) is 8.04. The maximum atomic E-state index is 2.60. The minimum Gasteiger partial charge on any atom is -0.0881 e. The summed E-state index contributed by atoms with van der Waals surface area (Å²) >= 11 is 2.60. The first kappa shape index (κ1) is 6.89. The first-order chi connectivity index (χ1) is 4.81. The molecule has 54 valence electrons. The Hall–Kier alpha value is 0.210. The Morgan fingerprint density at radius 1 is 1.40 bits per heavy atom. The van der Waals surface area contributed by atoms with Crippen molar-refractivity contribution < 1.29 is 0 Å². The lowest BCUT2D eigenvalue weighted by atomic mass is 9.87. The summed E-state index contributed by atoms with van der Waals surface area (Å²) in [6.45, 7) is 0. The highest BCUT2D eigenvalue weighted by Crippen LogP contribution is 2.44. The molecule has 0 radical (unpaired) electrons. The summed E-state index contributed by atoms with van der Waals surface area (Å²) in [5, 5.41) is 0. The molecule has 1 heteroatoms. The van der Waals surface area contributed by atoms with Gasteiger partial charge in [-0.25, -0.2) is 0 Å². The van der Waals surface area contributed by atoms with Crippen LogP contribution in [-0.2, 0) is 0 Å². The van der Waals surface area contributed by atoms with Crippen molar-refractivity contribution in [2.24, 2.45) is 5.92 Å². The fourth-order valence-electron chi connectivity index (χ4n) is 1.80. The third-order valence-corrected chi connectivity index (χ3v) is 4.16. The average Bonchev–Trinajstić information content (AvgIpc) is 2.29. The molecule has 0 saturated carbocycles. The lowest BCUT2D eigenvalue weighted by Gasteiger charge is -2.29. The van der Waals surface area contributed by atoms with E-state index in [4.69, 9.17) is 0 Å². The topological polar surface area (TPSA) is 0 Å². The van der Waals surface area contributed by atoms with Crippen LogP contribution in [0.4, 0.5) is 0 Å². The summed E-state index contributed by atoms with van der Waals surface area (Å²) in [4.78, 5) is 0. The number of allylic oxidation sites excluding steroid dienone is 4. The van der Waals surface area contributed by atoms with Gasteiger partial charge in [-0.2, -0.15) is 0 Å². The van der Waals surface area contributed by atoms with Gasteiger partial charge in [-0.15, -0.1) is 0 Å². The van der Waals surface area contributed by atoms with E-state index in [2.05, 4.69) is 46.9 Å². The van der Waals surface area contributed by atoms with Crippen LogP contribution in [0.1, 0.15) is 19.3 Å². The number of hydrogen-bond donors (Lipinski definition) is 0. The molecule has 2 atom stereocenters. The van der Waals surface area contributed by atoms with Crippen molar-refractivity contribution >= 4 is 22.6 Å². The SMILES string of the molecule is IC12C=CCC1C=CCC2. The molecule has 0 spiro atoms. The molecule has 0 fully saturated rings. The van der Waals surface area contributed by atoms with Crippen LogP contribution < -0.4 is 0 Å². The number of hydrogen-bond acceptors (Lipinski definition) is 0. The lowest BCUT2D eigenvalue weighted by molar-refractivity contribution is 0.525. The van der Waals surface area contributed by atoms with E-state index in [-0.39, 0.29) is 0 Å². The first-order valence-electron chi connectivity index (χ1n) is 3.84. The molecule has 2 rings (SSSR count). The molecule has 0 aliphatic heterocycles. The summed E-state index contributed by atoms with van der Waals surface area (Å²) < 4.78 is 0.493. The van der Waals surface area contributed by atoms with Gasteiger partial charge in [0.1, 0.15) is 0 Å². The molecule has 2 aliphatic rings. The number of rotatable bonds is 0. The Bertz CT molecular complexity index is 193. The molecule has 2 unspecified atom stereocenters. The predicted molar refractivity (Wildman–Crippen MR) is 52.4 cm³/mol. The fourth-order valence-corrected chi connectivity index (χ4v) is 2.83. The molecule has 0 aromatic rings. The smallest absolute Gasteiger partial charge is 0.0469 e. The molecule has 2 aliphatic carbocycles. The average molecular weight is 246 g/mol. The van der Waals surface area contributed by atoms with E-state index in [1.54, 1.807) is 0 Å². The van der Waals surface area contributed by atoms with Crippen LogP contribution in [-0.4, -0.2) is 3.42 Å². The minimum absolute atomic E-state index is 0.493. The van der Waals surface area contributed by atoms with Gasteiger partial charge in [0.05, 0.1) is 0 Å². The second-order valence-electron chi connectivity index (χ2n) is 3.14. The van der Waals surface area contributed by atoms with E-state index in [1.807, 2.05) is 0 Å². The monoisotopic (exact) mass is 246 g/mol. The Balaban J connectivity index is 2.29. The van der Waals surface area contributed by atoms with E-state index in [0.717, 1.165) is 5.92 Å². The number of fused-ring (bicyclic) bond motifs is 1. The number of alkyl halides is 1. The van der Waals surface area contributed by atoms with Gasteiger partial charge in [0, 0.05) is 3.42 Å². The zero-order chi connectivity index (χ0) is 7.03. The summed E-state index contributed by atoms with van der Waals surface area (Å²) in [6.07, 6.45) is 13.3. The fraction of sp³-hybridized carbons (Fsp3) is 0.556. The Morgan fingerprint density at radius 3 is 3.10 bits per heavy atom. The molecule has 0 amide bonds. The van der Waals surface area contributed by atoms with Crippen molar-refractivity contribution in [2.45, 2.75) is 22.7 Å². The van der Waals surface area contributed by atoms with Gasteiger partial charge in [0.25, 0.3) is 0 Å². The van der Waals surface area contributed by atoms with Gasteiger partial charge in [-0.1, -0.05) is 46.9 Å². The van der Waals surface area contributed by atoms with Gasteiger partial charge in [-0.3, -0.25) is 0 Å². The van der Waals surface area contributed by atoms with Crippen LogP contribution in [0.25, 0.3) is 0 Å². The third kappa shape index (κ3) is 0.949. The van der Waals surface area contributed by atoms with Crippen molar-refractivity contribution in [3.63, 3.8) is 0 Å². The van der Waals surface area contributed by atoms with E-state index in [9.17, 15) is 0 Å². The van der Waals surface area contributed by atoms with E-state index in [0.29, 0.717) is 3.42 Å². The predicted octanol–water partition coefficient (Wildman–Crippen LogP) is 3.09. The Morgan fingerprint density at radius 2 is 2.30 bits per heavy atom. The summed E-state index contributed by atoms with van der Waals surface area (Å²) in [5.41, 5.74) is 0. The van der Waals surface area contributed by atoms with Gasteiger partial charge in [0.2, 0.25) is 0 Å². The van der Waals surface area contributed by atoms with Gasteiger partial charge in [-0.05, 0) is 25.2 Å². The van der Waals surface area contributed by atoms with Crippen LogP contribution in [0.3, 0.4) is 0 Å². The second-order valence-corrected chi connectivity index (χ2v) is 5.15. The van der Waals surface area contributed by atoms with Crippen LogP contribution in [0.15, 0.2) is 24.3 Å². The van der Waals surface area contributed by atoms with E-state index >= 15 is 0 Å². The molecular formula is C9H11I. The molecule has 10 heavy (non-hydrogen) atoms. The van der Waals surface area contributed by atoms with Gasteiger partial charge in [0.15, 0.2) is 0 Å². The van der Waals surface area contributed by atoms with Crippen molar-refractivity contribution in [2.75, 3.05) is 0 Å². The molecule has 0 saturated heterocycles. The van der Waals surface area contributed by atoms with Crippen molar-refractivity contribution in [3.8, 4) is 0 Å². The molecule has 0 nitrogen and oxygen atoms in total. The highest BCUT2D eigenvalue weighted by atomic mass is 127. The maximum absolute atomic E-state index is 2.60. The van der Waals surface area contributed by atoms with Gasteiger partial charge >= 0.3 is 0 Å². The molecule has 0 N–H and O–H groups in total. The second kappa shape index (κ2) is 2.36. The molecule has 0 aromatic heterocycles. The van der Waals surface area contributed by atoms with E-state index in [1.165, 1.54) is 19.3 Å². The standard InChI is InChI=1S/C9H11I/c10-9-6-2-1-4-8(9)5-3-7-9/h1,3-4,7-8H,2,5-6H2. The summed E-state index contributed by atoms with van der Waals surface area (Å²) in [5.74, 6) is 0.807. The largest absolute Gasteiger partial charge is 0.0881 e. The maximum Gasteiger partial charge on any atom is 0.0469 e.